The van der Waals surface area contributed by atoms with Crippen molar-refractivity contribution >= 4 is 22.2 Å². The third-order valence-electron chi connectivity index (χ3n) is 6.75. The van der Waals surface area contributed by atoms with Crippen LogP contribution in [0.25, 0.3) is 12.2 Å². The van der Waals surface area contributed by atoms with Crippen LogP contribution in [0.5, 0.6) is 5.75 Å². The molecule has 196 valence electrons. The molecule has 7 heteroatoms. The van der Waals surface area contributed by atoms with Crippen LogP contribution in [-0.2, 0) is 16.6 Å². The van der Waals surface area contributed by atoms with Gasteiger partial charge in [-0.05, 0) is 42.8 Å². The Balaban J connectivity index is 1.68. The first-order chi connectivity index (χ1) is 17.8. The minimum Gasteiger partial charge on any atom is -0.487 e. The van der Waals surface area contributed by atoms with Gasteiger partial charge in [0.25, 0.3) is 0 Å². The average Bonchev–Trinajstić information content (AvgIpc) is 2.90. The Morgan fingerprint density at radius 3 is 2.35 bits per heavy atom. The Morgan fingerprint density at radius 2 is 1.68 bits per heavy atom. The number of rotatable bonds is 8. The number of nitrogens with zero attached hydrogens (tertiary/aromatic N) is 2. The third-order valence-corrected chi connectivity index (χ3v) is 8.77. The molecule has 0 radical (unpaired) electrons. The molecule has 0 aromatic heterocycles. The molecule has 3 aromatic rings. The quantitative estimate of drug-likeness (QED) is 0.434. The summed E-state index contributed by atoms with van der Waals surface area (Å²) in [6, 6.07) is 24.9. The number of likely N-dealkylation sites (N-methyl/N-ethyl adjacent to an activating group) is 1. The molecule has 0 spiro atoms. The van der Waals surface area contributed by atoms with Crippen molar-refractivity contribution in [1.29, 1.82) is 0 Å². The molecule has 0 saturated heterocycles. The highest BCUT2D eigenvalue weighted by molar-refractivity contribution is 7.89. The minimum atomic E-state index is -3.86. The molecule has 0 aliphatic carbocycles. The van der Waals surface area contributed by atoms with Gasteiger partial charge in [0.05, 0.1) is 6.61 Å². The smallest absolute Gasteiger partial charge is 0.247 e. The minimum absolute atomic E-state index is 0.0985. The van der Waals surface area contributed by atoms with Crippen LogP contribution in [0.15, 0.2) is 83.8 Å². The predicted octanol–water partition coefficient (Wildman–Crippen LogP) is 4.76. The summed E-state index contributed by atoms with van der Waals surface area (Å²) in [7, 11) is -1.81. The summed E-state index contributed by atoms with van der Waals surface area (Å²) in [4.78, 5) is 2.33. The first kappa shape index (κ1) is 27.1. The van der Waals surface area contributed by atoms with Gasteiger partial charge in [0, 0.05) is 31.6 Å². The fraction of sp³-hybridized carbons (Fsp3) is 0.333. The summed E-state index contributed by atoms with van der Waals surface area (Å²) < 4.78 is 35.3. The van der Waals surface area contributed by atoms with Crippen molar-refractivity contribution < 1.29 is 18.3 Å². The van der Waals surface area contributed by atoms with Crippen molar-refractivity contribution in [2.45, 2.75) is 37.4 Å². The fourth-order valence-corrected chi connectivity index (χ4v) is 6.41. The second kappa shape index (κ2) is 12.0. The standard InChI is InChI=1S/C30H36N2O4S/c1-23-19-32(24(2)22-33)37(34,35)30-17-16-26(15-14-25-10-6-4-7-11-25)18-28(30)36-29(23)21-31(3)20-27-12-8-5-9-13-27/h4-18,23-24,29,33H,19-22H2,1-3H3/b15-14+/t23-,24-,29+/m0/s1. The summed E-state index contributed by atoms with van der Waals surface area (Å²) in [5.74, 6) is 0.244. The van der Waals surface area contributed by atoms with Crippen LogP contribution in [0.4, 0.5) is 0 Å². The van der Waals surface area contributed by atoms with Gasteiger partial charge in [-0.3, -0.25) is 4.90 Å². The summed E-state index contributed by atoms with van der Waals surface area (Å²) >= 11 is 0. The van der Waals surface area contributed by atoms with Gasteiger partial charge in [0.1, 0.15) is 16.7 Å². The molecular weight excluding hydrogens is 484 g/mol. The molecule has 4 rings (SSSR count). The topological polar surface area (TPSA) is 70.1 Å². The number of fused-ring (bicyclic) bond motifs is 1. The van der Waals surface area contributed by atoms with E-state index in [0.29, 0.717) is 12.3 Å². The highest BCUT2D eigenvalue weighted by Gasteiger charge is 2.38. The molecule has 3 aromatic carbocycles. The van der Waals surface area contributed by atoms with Crippen LogP contribution in [0, 0.1) is 5.92 Å². The lowest BCUT2D eigenvalue weighted by Crippen LogP contribution is -2.49. The second-order valence-corrected chi connectivity index (χ2v) is 11.7. The van der Waals surface area contributed by atoms with E-state index in [4.69, 9.17) is 4.74 Å². The van der Waals surface area contributed by atoms with E-state index in [2.05, 4.69) is 17.0 Å². The lowest BCUT2D eigenvalue weighted by molar-refractivity contribution is 0.0733. The van der Waals surface area contributed by atoms with Crippen molar-refractivity contribution in [1.82, 2.24) is 9.21 Å². The van der Waals surface area contributed by atoms with Gasteiger partial charge in [0.2, 0.25) is 10.0 Å². The second-order valence-electron chi connectivity index (χ2n) is 9.87. The number of hydrogen-bond acceptors (Lipinski definition) is 5. The summed E-state index contributed by atoms with van der Waals surface area (Å²) in [6.45, 7) is 5.15. The number of benzene rings is 3. The predicted molar refractivity (Wildman–Crippen MR) is 149 cm³/mol. The van der Waals surface area contributed by atoms with E-state index in [1.54, 1.807) is 25.1 Å². The number of aliphatic hydroxyl groups excluding tert-OH is 1. The maximum atomic E-state index is 13.7. The van der Waals surface area contributed by atoms with E-state index in [1.165, 1.54) is 9.87 Å². The van der Waals surface area contributed by atoms with Crippen LogP contribution in [0.1, 0.15) is 30.5 Å². The average molecular weight is 521 g/mol. The van der Waals surface area contributed by atoms with Crippen molar-refractivity contribution in [2.75, 3.05) is 26.7 Å². The molecule has 1 N–H and O–H groups in total. The van der Waals surface area contributed by atoms with Gasteiger partial charge in [0.15, 0.2) is 0 Å². The molecule has 6 nitrogen and oxygen atoms in total. The third kappa shape index (κ3) is 6.67. The molecule has 0 bridgehead atoms. The zero-order valence-electron chi connectivity index (χ0n) is 21.7. The maximum absolute atomic E-state index is 13.7. The summed E-state index contributed by atoms with van der Waals surface area (Å²) in [5, 5.41) is 9.86. The molecule has 0 unspecified atom stereocenters. The van der Waals surface area contributed by atoms with E-state index < -0.39 is 16.1 Å². The molecule has 0 fully saturated rings. The number of aliphatic hydroxyl groups is 1. The normalized spacial score (nSPS) is 20.7. The van der Waals surface area contributed by atoms with Crippen molar-refractivity contribution in [3.05, 3.63) is 95.6 Å². The highest BCUT2D eigenvalue weighted by atomic mass is 32.2. The molecule has 0 amide bonds. The fourth-order valence-electron chi connectivity index (χ4n) is 4.59. The Bertz CT molecular complexity index is 1300. The first-order valence-corrected chi connectivity index (χ1v) is 14.1. The SMILES string of the molecule is C[C@H]1CN([C@@H](C)CO)S(=O)(=O)c2ccc(/C=C/c3ccccc3)cc2O[C@@H]1CN(C)Cc1ccccc1. The van der Waals surface area contributed by atoms with Gasteiger partial charge >= 0.3 is 0 Å². The molecule has 0 saturated carbocycles. The van der Waals surface area contributed by atoms with Gasteiger partial charge in [-0.15, -0.1) is 0 Å². The lowest BCUT2D eigenvalue weighted by Gasteiger charge is -2.37. The van der Waals surface area contributed by atoms with Gasteiger partial charge in [-0.1, -0.05) is 85.8 Å². The van der Waals surface area contributed by atoms with Gasteiger partial charge in [-0.2, -0.15) is 4.31 Å². The van der Waals surface area contributed by atoms with Crippen molar-refractivity contribution in [2.24, 2.45) is 5.92 Å². The lowest BCUT2D eigenvalue weighted by atomic mass is 10.0. The maximum Gasteiger partial charge on any atom is 0.247 e. The largest absolute Gasteiger partial charge is 0.487 e. The molecule has 37 heavy (non-hydrogen) atoms. The molecule has 1 aliphatic heterocycles. The van der Waals surface area contributed by atoms with Crippen LogP contribution in [0.3, 0.4) is 0 Å². The summed E-state index contributed by atoms with van der Waals surface area (Å²) in [6.07, 6.45) is 3.70. The van der Waals surface area contributed by atoms with E-state index in [-0.39, 0.29) is 30.1 Å². The molecule has 3 atom stereocenters. The zero-order valence-corrected chi connectivity index (χ0v) is 22.5. The summed E-state index contributed by atoms with van der Waals surface area (Å²) in [5.41, 5.74) is 3.11. The Labute approximate surface area is 220 Å². The van der Waals surface area contributed by atoms with Crippen LogP contribution >= 0.6 is 0 Å². The Kier molecular flexibility index (Phi) is 8.82. The van der Waals surface area contributed by atoms with Crippen LogP contribution < -0.4 is 4.74 Å². The van der Waals surface area contributed by atoms with Gasteiger partial charge < -0.3 is 9.84 Å². The Morgan fingerprint density at radius 1 is 1.03 bits per heavy atom. The molecule has 1 aliphatic rings. The van der Waals surface area contributed by atoms with E-state index in [1.807, 2.05) is 74.7 Å². The Hall–Kier alpha value is -2.97. The molecule has 1 heterocycles. The van der Waals surface area contributed by atoms with Crippen LogP contribution in [-0.4, -0.2) is 61.6 Å². The zero-order chi connectivity index (χ0) is 26.4. The number of sulfonamides is 1. The van der Waals surface area contributed by atoms with E-state index in [9.17, 15) is 13.5 Å². The van der Waals surface area contributed by atoms with E-state index in [0.717, 1.165) is 17.7 Å². The van der Waals surface area contributed by atoms with Crippen LogP contribution in [0.2, 0.25) is 0 Å². The highest BCUT2D eigenvalue weighted by Crippen LogP contribution is 2.34. The number of ether oxygens (including phenoxy) is 1. The molecular formula is C30H36N2O4S. The van der Waals surface area contributed by atoms with Crippen molar-refractivity contribution in [3.63, 3.8) is 0 Å². The number of hydrogen-bond donors (Lipinski definition) is 1. The monoisotopic (exact) mass is 520 g/mol. The van der Waals surface area contributed by atoms with Gasteiger partial charge in [-0.25, -0.2) is 8.42 Å². The van der Waals surface area contributed by atoms with Crippen molar-refractivity contribution in [3.8, 4) is 5.75 Å². The first-order valence-electron chi connectivity index (χ1n) is 12.7. The van der Waals surface area contributed by atoms with E-state index >= 15 is 0 Å².